The lowest BCUT2D eigenvalue weighted by Crippen LogP contribution is -2.04. The van der Waals surface area contributed by atoms with Gasteiger partial charge < -0.3 is 0 Å². The Bertz CT molecular complexity index is 496. The van der Waals surface area contributed by atoms with Gasteiger partial charge in [-0.15, -0.1) is 0 Å². The lowest BCUT2D eigenvalue weighted by Gasteiger charge is -2.04. The molecule has 14 heavy (non-hydrogen) atoms. The summed E-state index contributed by atoms with van der Waals surface area (Å²) in [5.41, 5.74) is 1.37. The van der Waals surface area contributed by atoms with E-state index in [4.69, 9.17) is 0 Å². The Kier molecular flexibility index (Phi) is 1.96. The minimum Gasteiger partial charge on any atom is -0.268 e. The van der Waals surface area contributed by atoms with Crippen LogP contribution in [-0.2, 0) is 0 Å². The third-order valence-corrected chi connectivity index (χ3v) is 2.00. The van der Waals surface area contributed by atoms with E-state index in [1.54, 1.807) is 23.7 Å². The molecule has 0 saturated heterocycles. The predicted octanol–water partition coefficient (Wildman–Crippen LogP) is 1.61. The van der Waals surface area contributed by atoms with Gasteiger partial charge in [0.1, 0.15) is 5.82 Å². The molecule has 0 amide bonds. The first kappa shape index (κ1) is 8.74. The highest BCUT2D eigenvalue weighted by atomic mass is 19.1. The molecule has 1 heterocycles. The average Bonchev–Trinajstić information content (AvgIpc) is 2.47. The summed E-state index contributed by atoms with van der Waals surface area (Å²) in [6, 6.07) is 7.42. The Labute approximate surface area is 79.8 Å². The van der Waals surface area contributed by atoms with E-state index in [9.17, 15) is 9.18 Å². The number of hydrogen-bond acceptors (Lipinski definition) is 1. The molecule has 0 aliphatic rings. The van der Waals surface area contributed by atoms with Crippen molar-refractivity contribution in [1.29, 1.82) is 0 Å². The summed E-state index contributed by atoms with van der Waals surface area (Å²) in [6.07, 6.45) is 0. The van der Waals surface area contributed by atoms with E-state index < -0.39 is 0 Å². The Morgan fingerprint density at radius 3 is 2.43 bits per heavy atom. The maximum Gasteiger partial charge on any atom is 0.264 e. The van der Waals surface area contributed by atoms with Gasteiger partial charge in [-0.25, -0.2) is 4.39 Å². The van der Waals surface area contributed by atoms with Crippen LogP contribution in [0.3, 0.4) is 0 Å². The molecular formula is C10H9FN2O. The largest absolute Gasteiger partial charge is 0.268 e. The van der Waals surface area contributed by atoms with E-state index in [-0.39, 0.29) is 11.4 Å². The lowest BCUT2D eigenvalue weighted by atomic mass is 10.3. The van der Waals surface area contributed by atoms with E-state index in [0.717, 1.165) is 11.4 Å². The molecule has 0 aliphatic heterocycles. The number of benzene rings is 1. The topological polar surface area (TPSA) is 37.8 Å². The van der Waals surface area contributed by atoms with Gasteiger partial charge in [0.2, 0.25) is 0 Å². The highest BCUT2D eigenvalue weighted by molar-refractivity contribution is 5.32. The molecule has 0 fully saturated rings. The van der Waals surface area contributed by atoms with Gasteiger partial charge >= 0.3 is 0 Å². The summed E-state index contributed by atoms with van der Waals surface area (Å²) in [4.78, 5) is 11.0. The number of rotatable bonds is 1. The standard InChI is InChI=1S/C10H9FN2O/c1-7-6-10(14)12-13(7)9-4-2-8(11)3-5-9/h2-6H,1H3,(H,12,14). The zero-order valence-electron chi connectivity index (χ0n) is 7.62. The van der Waals surface area contributed by atoms with Crippen LogP contribution in [0.15, 0.2) is 35.1 Å². The number of aromatic nitrogens is 2. The lowest BCUT2D eigenvalue weighted by molar-refractivity contribution is 0.627. The van der Waals surface area contributed by atoms with Crippen LogP contribution < -0.4 is 5.56 Å². The van der Waals surface area contributed by atoms with Crippen LogP contribution in [0.5, 0.6) is 0 Å². The molecule has 1 aromatic carbocycles. The number of aromatic amines is 1. The molecule has 72 valence electrons. The van der Waals surface area contributed by atoms with Crippen LogP contribution in [0.1, 0.15) is 5.69 Å². The van der Waals surface area contributed by atoms with E-state index in [2.05, 4.69) is 5.10 Å². The Morgan fingerprint density at radius 1 is 1.29 bits per heavy atom. The van der Waals surface area contributed by atoms with Crippen molar-refractivity contribution in [3.05, 3.63) is 52.2 Å². The summed E-state index contributed by atoms with van der Waals surface area (Å²) in [6.45, 7) is 1.81. The van der Waals surface area contributed by atoms with Gasteiger partial charge in [0, 0.05) is 11.8 Å². The van der Waals surface area contributed by atoms with Crippen LogP contribution in [-0.4, -0.2) is 9.78 Å². The molecule has 1 N–H and O–H groups in total. The first-order valence-electron chi connectivity index (χ1n) is 4.21. The molecule has 0 aliphatic carbocycles. The molecule has 4 heteroatoms. The van der Waals surface area contributed by atoms with Gasteiger partial charge in [-0.3, -0.25) is 14.6 Å². The summed E-state index contributed by atoms with van der Waals surface area (Å²) >= 11 is 0. The fourth-order valence-corrected chi connectivity index (χ4v) is 1.34. The third kappa shape index (κ3) is 1.46. The monoisotopic (exact) mass is 192 g/mol. The summed E-state index contributed by atoms with van der Waals surface area (Å²) in [5, 5.41) is 2.62. The van der Waals surface area contributed by atoms with Gasteiger partial charge in [-0.05, 0) is 31.2 Å². The highest BCUT2D eigenvalue weighted by Crippen LogP contribution is 2.08. The second kappa shape index (κ2) is 3.14. The van der Waals surface area contributed by atoms with Crippen LogP contribution in [0.4, 0.5) is 4.39 Å². The molecule has 1 aromatic heterocycles. The van der Waals surface area contributed by atoms with Gasteiger partial charge in [0.15, 0.2) is 0 Å². The van der Waals surface area contributed by atoms with Crippen LogP contribution in [0.2, 0.25) is 0 Å². The van der Waals surface area contributed by atoms with Crippen molar-refractivity contribution in [3.63, 3.8) is 0 Å². The van der Waals surface area contributed by atoms with E-state index >= 15 is 0 Å². The van der Waals surface area contributed by atoms with Gasteiger partial charge in [-0.1, -0.05) is 0 Å². The van der Waals surface area contributed by atoms with Crippen molar-refractivity contribution in [2.24, 2.45) is 0 Å². The first-order chi connectivity index (χ1) is 6.66. The van der Waals surface area contributed by atoms with E-state index in [0.29, 0.717) is 0 Å². The first-order valence-corrected chi connectivity index (χ1v) is 4.21. The fourth-order valence-electron chi connectivity index (χ4n) is 1.34. The fraction of sp³-hybridized carbons (Fsp3) is 0.100. The van der Waals surface area contributed by atoms with Crippen molar-refractivity contribution in [2.45, 2.75) is 6.92 Å². The van der Waals surface area contributed by atoms with Crippen molar-refractivity contribution in [3.8, 4) is 5.69 Å². The molecule has 0 atom stereocenters. The number of H-pyrrole nitrogens is 1. The maximum atomic E-state index is 12.6. The third-order valence-electron chi connectivity index (χ3n) is 2.00. The second-order valence-corrected chi connectivity index (χ2v) is 3.07. The number of nitrogens with one attached hydrogen (secondary N) is 1. The van der Waals surface area contributed by atoms with Crippen LogP contribution >= 0.6 is 0 Å². The smallest absolute Gasteiger partial charge is 0.264 e. The number of halogens is 1. The number of nitrogens with zero attached hydrogens (tertiary/aromatic N) is 1. The second-order valence-electron chi connectivity index (χ2n) is 3.07. The van der Waals surface area contributed by atoms with Gasteiger partial charge in [-0.2, -0.15) is 0 Å². The quantitative estimate of drug-likeness (QED) is 0.732. The van der Waals surface area contributed by atoms with Crippen LogP contribution in [0, 0.1) is 12.7 Å². The Hall–Kier alpha value is -1.84. The molecule has 0 radical (unpaired) electrons. The summed E-state index contributed by atoms with van der Waals surface area (Å²) in [7, 11) is 0. The van der Waals surface area contributed by atoms with Crippen LogP contribution in [0.25, 0.3) is 5.69 Å². The van der Waals surface area contributed by atoms with E-state index in [1.165, 1.54) is 18.2 Å². The van der Waals surface area contributed by atoms with Gasteiger partial charge in [0.05, 0.1) is 5.69 Å². The maximum absolute atomic E-state index is 12.6. The number of aryl methyl sites for hydroxylation is 1. The normalized spacial score (nSPS) is 10.4. The zero-order chi connectivity index (χ0) is 10.1. The molecule has 2 aromatic rings. The molecule has 0 unspecified atom stereocenters. The Morgan fingerprint density at radius 2 is 1.93 bits per heavy atom. The van der Waals surface area contributed by atoms with E-state index in [1.807, 2.05) is 0 Å². The van der Waals surface area contributed by atoms with Crippen molar-refractivity contribution >= 4 is 0 Å². The molecular weight excluding hydrogens is 183 g/mol. The number of hydrogen-bond donors (Lipinski definition) is 1. The van der Waals surface area contributed by atoms with Crippen molar-refractivity contribution in [1.82, 2.24) is 9.78 Å². The minimum absolute atomic E-state index is 0.160. The average molecular weight is 192 g/mol. The molecule has 0 bridgehead atoms. The van der Waals surface area contributed by atoms with Crippen molar-refractivity contribution in [2.75, 3.05) is 0 Å². The molecule has 0 spiro atoms. The molecule has 3 nitrogen and oxygen atoms in total. The summed E-state index contributed by atoms with van der Waals surface area (Å²) < 4.78 is 14.2. The SMILES string of the molecule is Cc1cc(=O)[nH]n1-c1ccc(F)cc1. The predicted molar refractivity (Wildman–Crippen MR) is 51.1 cm³/mol. The van der Waals surface area contributed by atoms with Crippen molar-refractivity contribution < 1.29 is 4.39 Å². The Balaban J connectivity index is 2.54. The minimum atomic E-state index is -0.291. The highest BCUT2D eigenvalue weighted by Gasteiger charge is 2.01. The zero-order valence-corrected chi connectivity index (χ0v) is 7.62. The molecule has 0 saturated carbocycles. The van der Waals surface area contributed by atoms with Gasteiger partial charge in [0.25, 0.3) is 5.56 Å². The molecule has 2 rings (SSSR count). The summed E-state index contributed by atoms with van der Waals surface area (Å²) in [5.74, 6) is -0.291.